The lowest BCUT2D eigenvalue weighted by atomic mass is 10.5. The van der Waals surface area contributed by atoms with Crippen LogP contribution in [0.15, 0.2) is 11.5 Å². The lowest BCUT2D eigenvalue weighted by molar-refractivity contribution is 1.23. The van der Waals surface area contributed by atoms with E-state index < -0.39 is 0 Å². The van der Waals surface area contributed by atoms with Crippen LogP contribution in [0.25, 0.3) is 0 Å². The summed E-state index contributed by atoms with van der Waals surface area (Å²) in [6, 6.07) is 0. The van der Waals surface area contributed by atoms with E-state index >= 15 is 0 Å². The van der Waals surface area contributed by atoms with Crippen molar-refractivity contribution in [1.82, 2.24) is 0 Å². The molecule has 0 aromatic heterocycles. The van der Waals surface area contributed by atoms with Gasteiger partial charge in [-0.15, -0.1) is 0 Å². The summed E-state index contributed by atoms with van der Waals surface area (Å²) >= 11 is 0. The summed E-state index contributed by atoms with van der Waals surface area (Å²) < 4.78 is 0. The summed E-state index contributed by atoms with van der Waals surface area (Å²) in [6.45, 7) is 6.70. The highest BCUT2D eigenvalue weighted by Gasteiger charge is 2.04. The number of allylic oxidation sites excluding steroid dienone is 1. The van der Waals surface area contributed by atoms with Gasteiger partial charge in [0.15, 0.2) is 0 Å². The average molecular weight is 145 g/mol. The van der Waals surface area contributed by atoms with E-state index in [4.69, 9.17) is 0 Å². The van der Waals surface area contributed by atoms with Gasteiger partial charge in [0.25, 0.3) is 0 Å². The molecule has 54 valence electrons. The van der Waals surface area contributed by atoms with Gasteiger partial charge in [-0.1, -0.05) is 6.92 Å². The molecule has 0 saturated heterocycles. The topological polar surface area (TPSA) is 0 Å². The van der Waals surface area contributed by atoms with Gasteiger partial charge in [-0.3, -0.25) is 0 Å². The zero-order valence-corrected chi connectivity index (χ0v) is 7.50. The summed E-state index contributed by atoms with van der Waals surface area (Å²) in [5.41, 5.74) is 0. The van der Waals surface area contributed by atoms with Crippen LogP contribution in [0, 0.1) is 0 Å². The van der Waals surface area contributed by atoms with E-state index in [1.54, 1.807) is 0 Å². The Bertz CT molecular complexity index is 72.6. The van der Waals surface area contributed by atoms with Crippen molar-refractivity contribution in [2.75, 3.05) is 11.5 Å². The molecule has 0 rings (SSSR count). The van der Waals surface area contributed by atoms with Crippen molar-refractivity contribution in [2.24, 2.45) is 0 Å². The van der Waals surface area contributed by atoms with Crippen molar-refractivity contribution >= 4 is 10.9 Å². The second kappa shape index (κ2) is 6.21. The third-order valence-corrected chi connectivity index (χ3v) is 3.33. The lowest BCUT2D eigenvalue weighted by Gasteiger charge is -1.93. The third kappa shape index (κ3) is 4.58. The van der Waals surface area contributed by atoms with Crippen LogP contribution in [0.3, 0.4) is 0 Å². The minimum atomic E-state index is 0.581. The Kier molecular flexibility index (Phi) is 6.28. The first-order chi connectivity index (χ1) is 4.35. The molecule has 0 bridgehead atoms. The molecule has 0 fully saturated rings. The molecule has 0 aliphatic heterocycles. The van der Waals surface area contributed by atoms with Crippen molar-refractivity contribution in [2.45, 2.75) is 27.2 Å². The molecule has 0 aromatic carbocycles. The van der Waals surface area contributed by atoms with E-state index in [1.165, 1.54) is 17.9 Å². The van der Waals surface area contributed by atoms with Gasteiger partial charge in [-0.2, -0.15) is 0 Å². The molecule has 0 amide bonds. The molecule has 0 N–H and O–H groups in total. The van der Waals surface area contributed by atoms with Gasteiger partial charge >= 0.3 is 0 Å². The van der Waals surface area contributed by atoms with E-state index in [0.29, 0.717) is 10.9 Å². The normalized spacial score (nSPS) is 11.6. The van der Waals surface area contributed by atoms with Crippen molar-refractivity contribution in [3.05, 3.63) is 11.5 Å². The van der Waals surface area contributed by atoms with E-state index in [9.17, 15) is 0 Å². The highest BCUT2D eigenvalue weighted by atomic mass is 32.2. The average Bonchev–Trinajstić information content (AvgIpc) is 1.91. The zero-order chi connectivity index (χ0) is 7.11. The van der Waals surface area contributed by atoms with Crippen LogP contribution in [0.2, 0.25) is 0 Å². The van der Waals surface area contributed by atoms with Gasteiger partial charge in [0.05, 0.1) is 0 Å². The van der Waals surface area contributed by atoms with Crippen LogP contribution in [-0.2, 0) is 10.9 Å². The van der Waals surface area contributed by atoms with E-state index in [-0.39, 0.29) is 0 Å². The van der Waals surface area contributed by atoms with Crippen molar-refractivity contribution in [3.63, 3.8) is 0 Å². The second-order valence-corrected chi connectivity index (χ2v) is 4.40. The molecule has 9 heavy (non-hydrogen) atoms. The monoisotopic (exact) mass is 145 g/mol. The van der Waals surface area contributed by atoms with Gasteiger partial charge in [-0.05, 0) is 26.3 Å². The summed E-state index contributed by atoms with van der Waals surface area (Å²) in [5.74, 6) is 2.62. The molecular formula is C8H17S+. The van der Waals surface area contributed by atoms with E-state index in [2.05, 4.69) is 32.3 Å². The lowest BCUT2D eigenvalue weighted by Crippen LogP contribution is -2.02. The summed E-state index contributed by atoms with van der Waals surface area (Å²) in [5, 5.41) is 2.36. The van der Waals surface area contributed by atoms with Crippen molar-refractivity contribution in [3.8, 4) is 0 Å². The fourth-order valence-electron chi connectivity index (χ4n) is 0.629. The SMILES string of the molecule is CCC=C[S+](CC)CC. The van der Waals surface area contributed by atoms with E-state index in [0.717, 1.165) is 0 Å². The summed E-state index contributed by atoms with van der Waals surface area (Å²) in [7, 11) is 0.581. The van der Waals surface area contributed by atoms with Gasteiger partial charge < -0.3 is 0 Å². The Morgan fingerprint density at radius 1 is 1.11 bits per heavy atom. The van der Waals surface area contributed by atoms with Gasteiger partial charge in [0.2, 0.25) is 0 Å². The Balaban J connectivity index is 3.41. The molecule has 0 aliphatic carbocycles. The molecule has 0 aromatic rings. The molecule has 0 unspecified atom stereocenters. The molecule has 0 heterocycles. The Labute approximate surface area is 61.7 Å². The van der Waals surface area contributed by atoms with Crippen LogP contribution in [0.5, 0.6) is 0 Å². The minimum absolute atomic E-state index is 0.581. The Hall–Kier alpha value is 0.0900. The first kappa shape index (κ1) is 9.09. The molecule has 0 aliphatic rings. The van der Waals surface area contributed by atoms with E-state index in [1.807, 2.05) is 0 Å². The maximum absolute atomic E-state index is 2.36. The molecule has 0 saturated carbocycles. The summed E-state index contributed by atoms with van der Waals surface area (Å²) in [6.07, 6.45) is 3.46. The zero-order valence-electron chi connectivity index (χ0n) is 6.68. The first-order valence-electron chi connectivity index (χ1n) is 3.68. The maximum atomic E-state index is 2.36. The Morgan fingerprint density at radius 2 is 1.67 bits per heavy atom. The number of hydrogen-bond acceptors (Lipinski definition) is 0. The van der Waals surface area contributed by atoms with Crippen LogP contribution in [0.4, 0.5) is 0 Å². The smallest absolute Gasteiger partial charge is 0.0617 e. The fraction of sp³-hybridized carbons (Fsp3) is 0.750. The van der Waals surface area contributed by atoms with Gasteiger partial charge in [0.1, 0.15) is 16.9 Å². The Morgan fingerprint density at radius 3 is 2.00 bits per heavy atom. The molecule has 0 nitrogen and oxygen atoms in total. The molecule has 1 heteroatoms. The largest absolute Gasteiger partial charge is 0.115 e. The highest BCUT2D eigenvalue weighted by Crippen LogP contribution is 1.98. The quantitative estimate of drug-likeness (QED) is 0.533. The molecule has 0 radical (unpaired) electrons. The van der Waals surface area contributed by atoms with Crippen LogP contribution in [-0.4, -0.2) is 11.5 Å². The van der Waals surface area contributed by atoms with Crippen molar-refractivity contribution in [1.29, 1.82) is 0 Å². The van der Waals surface area contributed by atoms with Crippen molar-refractivity contribution < 1.29 is 0 Å². The standard InChI is InChI=1S/C8H17S/c1-4-7-8-9(5-2)6-3/h7-8H,4-6H2,1-3H3/q+1. The second-order valence-electron chi connectivity index (χ2n) is 1.89. The van der Waals surface area contributed by atoms with Crippen LogP contribution >= 0.6 is 0 Å². The first-order valence-corrected chi connectivity index (χ1v) is 5.30. The highest BCUT2D eigenvalue weighted by molar-refractivity contribution is 7.99. The maximum Gasteiger partial charge on any atom is 0.115 e. The van der Waals surface area contributed by atoms with Gasteiger partial charge in [0, 0.05) is 10.9 Å². The third-order valence-electron chi connectivity index (χ3n) is 1.27. The number of hydrogen-bond donors (Lipinski definition) is 0. The molecular weight excluding hydrogens is 128 g/mol. The van der Waals surface area contributed by atoms with Crippen LogP contribution in [0.1, 0.15) is 27.2 Å². The fourth-order valence-corrected chi connectivity index (χ4v) is 1.89. The van der Waals surface area contributed by atoms with Gasteiger partial charge in [-0.25, -0.2) is 0 Å². The predicted molar refractivity (Wildman–Crippen MR) is 47.9 cm³/mol. The number of rotatable bonds is 4. The molecule has 0 spiro atoms. The predicted octanol–water partition coefficient (Wildman–Crippen LogP) is 2.57. The minimum Gasteiger partial charge on any atom is -0.0617 e. The molecule has 0 atom stereocenters. The summed E-state index contributed by atoms with van der Waals surface area (Å²) in [4.78, 5) is 0. The van der Waals surface area contributed by atoms with Crippen LogP contribution < -0.4 is 0 Å².